The molecule has 1 aliphatic heterocycles. The molecule has 2 aromatic heterocycles. The number of benzene rings is 1. The minimum Gasteiger partial charge on any atom is -0.330 e. The molecule has 4 rings (SSSR count). The van der Waals surface area contributed by atoms with Crippen LogP contribution in [-0.4, -0.2) is 47.7 Å². The van der Waals surface area contributed by atoms with Gasteiger partial charge in [-0.05, 0) is 55.3 Å². The molecule has 1 atom stereocenters. The topological polar surface area (TPSA) is 64.7 Å². The van der Waals surface area contributed by atoms with Crippen molar-refractivity contribution in [1.82, 2.24) is 34.7 Å². The van der Waals surface area contributed by atoms with Crippen LogP contribution in [0.5, 0.6) is 0 Å². The second kappa shape index (κ2) is 6.32. The fourth-order valence-electron chi connectivity index (χ4n) is 3.73. The number of tetrazole rings is 1. The molecule has 0 aliphatic carbocycles. The second-order valence-electron chi connectivity index (χ2n) is 6.51. The molecule has 0 amide bonds. The van der Waals surface area contributed by atoms with E-state index >= 15 is 0 Å². The van der Waals surface area contributed by atoms with Crippen molar-refractivity contribution in [3.63, 3.8) is 0 Å². The summed E-state index contributed by atoms with van der Waals surface area (Å²) < 4.78 is 4.13. The Labute approximate surface area is 141 Å². The van der Waals surface area contributed by atoms with Crippen LogP contribution in [0.1, 0.15) is 37.0 Å². The fourth-order valence-corrected chi connectivity index (χ4v) is 3.73. The maximum absolute atomic E-state index is 4.90. The lowest BCUT2D eigenvalue weighted by Gasteiger charge is -2.24. The quantitative estimate of drug-likeness (QED) is 0.719. The Bertz CT molecular complexity index is 834. The minimum atomic E-state index is 0.414. The largest absolute Gasteiger partial charge is 0.330 e. The Balaban J connectivity index is 1.48. The molecule has 126 valence electrons. The number of fused-ring (bicyclic) bond motifs is 1. The number of rotatable bonds is 5. The van der Waals surface area contributed by atoms with Crippen molar-refractivity contribution in [2.45, 2.75) is 38.8 Å². The van der Waals surface area contributed by atoms with Crippen LogP contribution in [0.15, 0.2) is 24.3 Å². The van der Waals surface area contributed by atoms with Gasteiger partial charge in [-0.1, -0.05) is 12.1 Å². The van der Waals surface area contributed by atoms with Crippen molar-refractivity contribution >= 4 is 11.0 Å². The highest BCUT2D eigenvalue weighted by Crippen LogP contribution is 2.32. The zero-order chi connectivity index (χ0) is 16.5. The zero-order valence-corrected chi connectivity index (χ0v) is 14.3. The number of hydrogen-bond donors (Lipinski definition) is 0. The van der Waals surface area contributed by atoms with E-state index in [1.165, 1.54) is 24.2 Å². The van der Waals surface area contributed by atoms with Gasteiger partial charge in [0.1, 0.15) is 11.6 Å². The van der Waals surface area contributed by atoms with E-state index in [-0.39, 0.29) is 0 Å². The fraction of sp³-hybridized carbons (Fsp3) is 0.529. The first-order valence-corrected chi connectivity index (χ1v) is 8.62. The molecule has 1 unspecified atom stereocenters. The standard InChI is InChI=1S/C17H23N7/c1-13-19-20-21-24(13)12-6-11-23-10-5-9-16(23)17-18-14-7-3-4-8-15(14)22(17)2/h3-4,7-8,16H,5-6,9-12H2,1-2H3. The summed E-state index contributed by atoms with van der Waals surface area (Å²) >= 11 is 0. The molecule has 3 aromatic rings. The number of aromatic nitrogens is 6. The molecule has 1 saturated heterocycles. The average molecular weight is 325 g/mol. The monoisotopic (exact) mass is 325 g/mol. The van der Waals surface area contributed by atoms with Gasteiger partial charge >= 0.3 is 0 Å². The van der Waals surface area contributed by atoms with Crippen LogP contribution in [-0.2, 0) is 13.6 Å². The summed E-state index contributed by atoms with van der Waals surface area (Å²) in [6.45, 7) is 5.00. The number of imidazole rings is 1. The highest BCUT2D eigenvalue weighted by molar-refractivity contribution is 5.75. The minimum absolute atomic E-state index is 0.414. The number of hydrogen-bond acceptors (Lipinski definition) is 5. The third-order valence-electron chi connectivity index (χ3n) is 5.01. The number of likely N-dealkylation sites (tertiary alicyclic amines) is 1. The first-order valence-electron chi connectivity index (χ1n) is 8.62. The summed E-state index contributed by atoms with van der Waals surface area (Å²) in [5.41, 5.74) is 2.30. The lowest BCUT2D eigenvalue weighted by Crippen LogP contribution is -2.27. The van der Waals surface area contributed by atoms with Crippen LogP contribution in [0.25, 0.3) is 11.0 Å². The smallest absolute Gasteiger partial charge is 0.148 e. The Morgan fingerprint density at radius 1 is 1.21 bits per heavy atom. The van der Waals surface area contributed by atoms with E-state index in [4.69, 9.17) is 4.98 Å². The zero-order valence-electron chi connectivity index (χ0n) is 14.3. The van der Waals surface area contributed by atoms with Crippen molar-refractivity contribution in [3.05, 3.63) is 35.9 Å². The second-order valence-corrected chi connectivity index (χ2v) is 6.51. The van der Waals surface area contributed by atoms with Crippen LogP contribution in [0, 0.1) is 6.92 Å². The highest BCUT2D eigenvalue weighted by Gasteiger charge is 2.29. The van der Waals surface area contributed by atoms with Gasteiger partial charge in [0.2, 0.25) is 0 Å². The van der Waals surface area contributed by atoms with E-state index < -0.39 is 0 Å². The van der Waals surface area contributed by atoms with Gasteiger partial charge in [0, 0.05) is 20.1 Å². The molecule has 1 aliphatic rings. The van der Waals surface area contributed by atoms with Gasteiger partial charge in [-0.25, -0.2) is 9.67 Å². The molecule has 1 aromatic carbocycles. The van der Waals surface area contributed by atoms with Crippen molar-refractivity contribution in [1.29, 1.82) is 0 Å². The van der Waals surface area contributed by atoms with E-state index in [9.17, 15) is 0 Å². The van der Waals surface area contributed by atoms with Gasteiger partial charge in [-0.3, -0.25) is 4.90 Å². The van der Waals surface area contributed by atoms with Gasteiger partial charge in [-0.2, -0.15) is 0 Å². The third-order valence-corrected chi connectivity index (χ3v) is 5.01. The highest BCUT2D eigenvalue weighted by atomic mass is 15.5. The summed E-state index contributed by atoms with van der Waals surface area (Å²) in [5.74, 6) is 2.07. The van der Waals surface area contributed by atoms with Crippen molar-refractivity contribution in [2.24, 2.45) is 7.05 Å². The van der Waals surface area contributed by atoms with Gasteiger partial charge in [0.05, 0.1) is 17.1 Å². The van der Waals surface area contributed by atoms with E-state index in [0.717, 1.165) is 37.4 Å². The van der Waals surface area contributed by atoms with Gasteiger partial charge in [0.15, 0.2) is 0 Å². The van der Waals surface area contributed by atoms with E-state index in [1.54, 1.807) is 0 Å². The Morgan fingerprint density at radius 2 is 2.08 bits per heavy atom. The number of nitrogens with zero attached hydrogens (tertiary/aromatic N) is 7. The van der Waals surface area contributed by atoms with E-state index in [2.05, 4.69) is 56.3 Å². The molecule has 0 bridgehead atoms. The van der Waals surface area contributed by atoms with Crippen molar-refractivity contribution in [2.75, 3.05) is 13.1 Å². The SMILES string of the molecule is Cc1nnnn1CCCN1CCCC1c1nc2ccccc2n1C. The van der Waals surface area contributed by atoms with Gasteiger partial charge in [-0.15, -0.1) is 5.10 Å². The predicted octanol–water partition coefficient (Wildman–Crippen LogP) is 2.10. The van der Waals surface area contributed by atoms with E-state index in [1.807, 2.05) is 11.6 Å². The lowest BCUT2D eigenvalue weighted by molar-refractivity contribution is 0.236. The Morgan fingerprint density at radius 3 is 2.88 bits per heavy atom. The molecular formula is C17H23N7. The number of para-hydroxylation sites is 2. The summed E-state index contributed by atoms with van der Waals surface area (Å²) in [4.78, 5) is 7.46. The average Bonchev–Trinajstić information content (AvgIpc) is 3.29. The van der Waals surface area contributed by atoms with Crippen molar-refractivity contribution < 1.29 is 0 Å². The summed E-state index contributed by atoms with van der Waals surface area (Å²) in [6.07, 6.45) is 3.46. The Hall–Kier alpha value is -2.28. The van der Waals surface area contributed by atoms with Crippen LogP contribution in [0.2, 0.25) is 0 Å². The van der Waals surface area contributed by atoms with Crippen LogP contribution >= 0.6 is 0 Å². The van der Waals surface area contributed by atoms with Gasteiger partial charge < -0.3 is 4.57 Å². The molecule has 24 heavy (non-hydrogen) atoms. The maximum atomic E-state index is 4.90. The number of aryl methyl sites for hydroxylation is 3. The van der Waals surface area contributed by atoms with Crippen molar-refractivity contribution in [3.8, 4) is 0 Å². The molecule has 1 fully saturated rings. The third kappa shape index (κ3) is 2.69. The first kappa shape index (κ1) is 15.3. The normalized spacial score (nSPS) is 18.7. The molecule has 3 heterocycles. The summed E-state index contributed by atoms with van der Waals surface area (Å²) in [6, 6.07) is 8.79. The van der Waals surface area contributed by atoms with Gasteiger partial charge in [0.25, 0.3) is 0 Å². The molecule has 7 heteroatoms. The maximum Gasteiger partial charge on any atom is 0.148 e. The molecular weight excluding hydrogens is 302 g/mol. The molecule has 0 radical (unpaired) electrons. The lowest BCUT2D eigenvalue weighted by atomic mass is 10.2. The molecule has 7 nitrogen and oxygen atoms in total. The summed E-state index contributed by atoms with van der Waals surface area (Å²) in [7, 11) is 2.13. The van der Waals surface area contributed by atoms with E-state index in [0.29, 0.717) is 6.04 Å². The molecule has 0 spiro atoms. The molecule has 0 saturated carbocycles. The van der Waals surface area contributed by atoms with Crippen LogP contribution in [0.3, 0.4) is 0 Å². The first-order chi connectivity index (χ1) is 11.7. The molecule has 0 N–H and O–H groups in total. The van der Waals surface area contributed by atoms with Crippen LogP contribution < -0.4 is 0 Å². The predicted molar refractivity (Wildman–Crippen MR) is 91.4 cm³/mol. The summed E-state index contributed by atoms with van der Waals surface area (Å²) in [5, 5.41) is 11.7. The Kier molecular flexibility index (Phi) is 4.02. The van der Waals surface area contributed by atoms with Crippen LogP contribution in [0.4, 0.5) is 0 Å².